The number of aryl methyl sites for hydroxylation is 1. The molecule has 0 unspecified atom stereocenters. The number of fused-ring (bicyclic) bond motifs is 1. The van der Waals surface area contributed by atoms with Crippen molar-refractivity contribution in [3.63, 3.8) is 0 Å². The van der Waals surface area contributed by atoms with E-state index in [4.69, 9.17) is 14.0 Å². The van der Waals surface area contributed by atoms with Crippen molar-refractivity contribution in [2.75, 3.05) is 19.8 Å². The van der Waals surface area contributed by atoms with Gasteiger partial charge in [-0.05, 0) is 38.5 Å². The quantitative estimate of drug-likeness (QED) is 0.848. The highest BCUT2D eigenvalue weighted by Crippen LogP contribution is 2.35. The summed E-state index contributed by atoms with van der Waals surface area (Å²) in [6, 6.07) is 0.111. The van der Waals surface area contributed by atoms with Crippen LogP contribution in [0.5, 0.6) is 0 Å². The second-order valence-electron chi connectivity index (χ2n) is 6.59. The van der Waals surface area contributed by atoms with Gasteiger partial charge in [0.05, 0.1) is 24.9 Å². The molecule has 0 N–H and O–H groups in total. The fraction of sp³-hybridized carbons (Fsp3) is 0.750. The summed E-state index contributed by atoms with van der Waals surface area (Å²) in [6.45, 7) is 3.81. The van der Waals surface area contributed by atoms with Crippen LogP contribution >= 0.6 is 0 Å². The molecule has 1 aromatic heterocycles. The summed E-state index contributed by atoms with van der Waals surface area (Å²) in [5.74, 6) is 1.33. The number of morpholine rings is 1. The minimum atomic E-state index is -0.0000992. The maximum absolute atomic E-state index is 12.7. The molecule has 0 bridgehead atoms. The molecule has 0 radical (unpaired) electrons. The van der Waals surface area contributed by atoms with Gasteiger partial charge in [0.15, 0.2) is 0 Å². The van der Waals surface area contributed by atoms with E-state index in [1.54, 1.807) is 6.92 Å². The largest absolute Gasteiger partial charge is 0.375 e. The Bertz CT molecular complexity index is 554. The molecule has 1 saturated heterocycles. The minimum absolute atomic E-state index is 0.0000992. The van der Waals surface area contributed by atoms with E-state index in [0.717, 1.165) is 25.4 Å². The van der Waals surface area contributed by atoms with Gasteiger partial charge in [0.25, 0.3) is 5.91 Å². The Labute approximate surface area is 129 Å². The van der Waals surface area contributed by atoms with Gasteiger partial charge >= 0.3 is 0 Å². The van der Waals surface area contributed by atoms with Crippen molar-refractivity contribution < 1.29 is 18.8 Å². The molecule has 1 aliphatic heterocycles. The average molecular weight is 306 g/mol. The Morgan fingerprint density at radius 1 is 1.41 bits per heavy atom. The molecular formula is C16H22N2O4. The van der Waals surface area contributed by atoms with E-state index in [1.807, 2.05) is 4.90 Å². The van der Waals surface area contributed by atoms with Gasteiger partial charge in [-0.15, -0.1) is 0 Å². The van der Waals surface area contributed by atoms with E-state index in [-0.39, 0.29) is 24.2 Å². The van der Waals surface area contributed by atoms with Crippen molar-refractivity contribution in [1.82, 2.24) is 10.1 Å². The van der Waals surface area contributed by atoms with Gasteiger partial charge in [-0.2, -0.15) is 0 Å². The Morgan fingerprint density at radius 2 is 2.27 bits per heavy atom. The fourth-order valence-electron chi connectivity index (χ4n) is 3.55. The van der Waals surface area contributed by atoms with E-state index < -0.39 is 0 Å². The fourth-order valence-corrected chi connectivity index (χ4v) is 3.55. The number of rotatable bonds is 4. The van der Waals surface area contributed by atoms with Crippen molar-refractivity contribution in [2.45, 2.75) is 50.9 Å². The summed E-state index contributed by atoms with van der Waals surface area (Å²) in [6.07, 6.45) is 6.14. The Balaban J connectivity index is 1.45. The van der Waals surface area contributed by atoms with Crippen molar-refractivity contribution in [3.8, 4) is 0 Å². The molecule has 3 aliphatic rings. The first-order valence-electron chi connectivity index (χ1n) is 8.19. The summed E-state index contributed by atoms with van der Waals surface area (Å²) in [7, 11) is 0. The summed E-state index contributed by atoms with van der Waals surface area (Å²) in [4.78, 5) is 14.7. The van der Waals surface area contributed by atoms with Crippen LogP contribution in [0.3, 0.4) is 0 Å². The third-order valence-electron chi connectivity index (χ3n) is 5.02. The number of hydrogen-bond donors (Lipinski definition) is 0. The second kappa shape index (κ2) is 5.66. The maximum atomic E-state index is 12.7. The van der Waals surface area contributed by atoms with Crippen LogP contribution < -0.4 is 0 Å². The van der Waals surface area contributed by atoms with Crippen molar-refractivity contribution in [2.24, 2.45) is 5.92 Å². The Kier molecular flexibility index (Phi) is 3.66. The first-order valence-corrected chi connectivity index (χ1v) is 8.19. The molecule has 2 aliphatic carbocycles. The van der Waals surface area contributed by atoms with Crippen LogP contribution in [-0.4, -0.2) is 54.0 Å². The van der Waals surface area contributed by atoms with Crippen molar-refractivity contribution in [3.05, 3.63) is 17.5 Å². The third kappa shape index (κ3) is 2.54. The minimum Gasteiger partial charge on any atom is -0.375 e. The van der Waals surface area contributed by atoms with Gasteiger partial charge in [0.1, 0.15) is 17.4 Å². The van der Waals surface area contributed by atoms with Crippen LogP contribution in [0.4, 0.5) is 0 Å². The standard InChI is InChI=1S/C16H22N2O4/c1-10-12(8-17-22-10)16(19)18-6-7-20-15-13(18)4-5-14(15)21-9-11-2-3-11/h8,11,13-15H,2-7,9H2,1H3/t13-,14-,15+/m0/s1. The SMILES string of the molecule is Cc1oncc1C(=O)N1CCO[C@H]2[C@@H](OCC3CC3)CC[C@@H]21. The zero-order chi connectivity index (χ0) is 15.1. The van der Waals surface area contributed by atoms with E-state index >= 15 is 0 Å². The molecule has 6 heteroatoms. The van der Waals surface area contributed by atoms with Gasteiger partial charge in [-0.1, -0.05) is 5.16 Å². The maximum Gasteiger partial charge on any atom is 0.259 e. The van der Waals surface area contributed by atoms with Gasteiger partial charge in [0.2, 0.25) is 0 Å². The van der Waals surface area contributed by atoms with Crippen LogP contribution in [0.2, 0.25) is 0 Å². The van der Waals surface area contributed by atoms with Crippen LogP contribution in [0.15, 0.2) is 10.7 Å². The summed E-state index contributed by atoms with van der Waals surface area (Å²) < 4.78 is 17.0. The number of carbonyl (C=O) groups is 1. The first kappa shape index (κ1) is 14.2. The smallest absolute Gasteiger partial charge is 0.259 e. The molecule has 1 aromatic rings. The third-order valence-corrected chi connectivity index (χ3v) is 5.02. The molecule has 120 valence electrons. The van der Waals surface area contributed by atoms with Gasteiger partial charge in [0, 0.05) is 13.2 Å². The molecule has 1 amide bonds. The summed E-state index contributed by atoms with van der Waals surface area (Å²) >= 11 is 0. The molecule has 0 aromatic carbocycles. The van der Waals surface area contributed by atoms with E-state index in [0.29, 0.717) is 24.5 Å². The first-order chi connectivity index (χ1) is 10.7. The lowest BCUT2D eigenvalue weighted by Gasteiger charge is -2.39. The highest BCUT2D eigenvalue weighted by atomic mass is 16.5. The van der Waals surface area contributed by atoms with Gasteiger partial charge in [-0.3, -0.25) is 4.79 Å². The van der Waals surface area contributed by atoms with Gasteiger partial charge < -0.3 is 18.9 Å². The van der Waals surface area contributed by atoms with E-state index in [9.17, 15) is 4.79 Å². The number of carbonyl (C=O) groups excluding carboxylic acids is 1. The molecule has 2 saturated carbocycles. The van der Waals surface area contributed by atoms with Crippen LogP contribution in [0, 0.1) is 12.8 Å². The van der Waals surface area contributed by atoms with Crippen LogP contribution in [0.25, 0.3) is 0 Å². The van der Waals surface area contributed by atoms with Crippen molar-refractivity contribution >= 4 is 5.91 Å². The van der Waals surface area contributed by atoms with Crippen LogP contribution in [-0.2, 0) is 9.47 Å². The number of aromatic nitrogens is 1. The lowest BCUT2D eigenvalue weighted by atomic mass is 10.1. The number of nitrogens with zero attached hydrogens (tertiary/aromatic N) is 2. The number of amides is 1. The number of ether oxygens (including phenoxy) is 2. The predicted molar refractivity (Wildman–Crippen MR) is 77.5 cm³/mol. The van der Waals surface area contributed by atoms with Crippen LogP contribution in [0.1, 0.15) is 41.8 Å². The lowest BCUT2D eigenvalue weighted by molar-refractivity contribution is -0.106. The molecule has 3 fully saturated rings. The Hall–Kier alpha value is -1.40. The monoisotopic (exact) mass is 306 g/mol. The zero-order valence-electron chi connectivity index (χ0n) is 12.9. The van der Waals surface area contributed by atoms with E-state index in [1.165, 1.54) is 19.0 Å². The van der Waals surface area contributed by atoms with E-state index in [2.05, 4.69) is 5.16 Å². The normalized spacial score (nSPS) is 31.3. The zero-order valence-corrected chi connectivity index (χ0v) is 12.9. The average Bonchev–Trinajstić information content (AvgIpc) is 3.11. The Morgan fingerprint density at radius 3 is 3.00 bits per heavy atom. The highest BCUT2D eigenvalue weighted by molar-refractivity contribution is 5.95. The second-order valence-corrected chi connectivity index (χ2v) is 6.59. The molecule has 4 rings (SSSR count). The molecule has 3 atom stereocenters. The van der Waals surface area contributed by atoms with Crippen molar-refractivity contribution in [1.29, 1.82) is 0 Å². The summed E-state index contributed by atoms with van der Waals surface area (Å²) in [5.41, 5.74) is 0.558. The lowest BCUT2D eigenvalue weighted by Crippen LogP contribution is -2.54. The highest BCUT2D eigenvalue weighted by Gasteiger charge is 2.45. The predicted octanol–water partition coefficient (Wildman–Crippen LogP) is 1.78. The molecule has 6 nitrogen and oxygen atoms in total. The molecular weight excluding hydrogens is 284 g/mol. The molecule has 0 spiro atoms. The molecule has 22 heavy (non-hydrogen) atoms. The summed E-state index contributed by atoms with van der Waals surface area (Å²) in [5, 5.41) is 3.72. The molecule has 2 heterocycles. The topological polar surface area (TPSA) is 64.8 Å². The number of hydrogen-bond acceptors (Lipinski definition) is 5. The van der Waals surface area contributed by atoms with Gasteiger partial charge in [-0.25, -0.2) is 0 Å².